The van der Waals surface area contributed by atoms with Crippen molar-refractivity contribution >= 4 is 6.08 Å². The van der Waals surface area contributed by atoms with Crippen LogP contribution in [0.1, 0.15) is 53.0 Å². The van der Waals surface area contributed by atoms with Crippen LogP contribution in [0, 0.1) is 0 Å². The highest BCUT2D eigenvalue weighted by molar-refractivity contribution is 5.48. The standard InChI is InChI=1S/C17H26O2/c1-7-13-17(6,19-16(3,4)5)18-15-11-9-14(8-2)10-12-15/h8-12H,2,7,13H2,1,3-6H3. The smallest absolute Gasteiger partial charge is 0.208 e. The second kappa shape index (κ2) is 6.25. The van der Waals surface area contributed by atoms with E-state index in [0.717, 1.165) is 24.2 Å². The van der Waals surface area contributed by atoms with Gasteiger partial charge in [-0.15, -0.1) is 0 Å². The maximum Gasteiger partial charge on any atom is 0.208 e. The molecular formula is C17H26O2. The summed E-state index contributed by atoms with van der Waals surface area (Å²) in [7, 11) is 0. The monoisotopic (exact) mass is 262 g/mol. The van der Waals surface area contributed by atoms with Crippen LogP contribution in [-0.4, -0.2) is 11.4 Å². The number of rotatable bonds is 6. The lowest BCUT2D eigenvalue weighted by molar-refractivity contribution is -0.228. The van der Waals surface area contributed by atoms with Crippen molar-refractivity contribution in [1.82, 2.24) is 0 Å². The van der Waals surface area contributed by atoms with Gasteiger partial charge in [-0.2, -0.15) is 0 Å². The van der Waals surface area contributed by atoms with Gasteiger partial charge in [-0.25, -0.2) is 0 Å². The summed E-state index contributed by atoms with van der Waals surface area (Å²) in [5.74, 6) is 0.230. The molecule has 1 atom stereocenters. The second-order valence-electron chi connectivity index (χ2n) is 5.97. The van der Waals surface area contributed by atoms with Crippen LogP contribution in [0.2, 0.25) is 0 Å². The molecule has 0 saturated carbocycles. The first-order valence-corrected chi connectivity index (χ1v) is 6.90. The average molecular weight is 262 g/mol. The Morgan fingerprint density at radius 1 is 1.11 bits per heavy atom. The maximum absolute atomic E-state index is 6.08. The minimum absolute atomic E-state index is 0.231. The quantitative estimate of drug-likeness (QED) is 0.669. The lowest BCUT2D eigenvalue weighted by Crippen LogP contribution is -2.42. The molecular weight excluding hydrogens is 236 g/mol. The maximum atomic E-state index is 6.08. The van der Waals surface area contributed by atoms with Crippen LogP contribution < -0.4 is 4.74 Å². The SMILES string of the molecule is C=Cc1ccc(OC(C)(CCC)OC(C)(C)C)cc1. The molecule has 0 fully saturated rings. The largest absolute Gasteiger partial charge is 0.463 e. The van der Waals surface area contributed by atoms with Gasteiger partial charge >= 0.3 is 0 Å². The summed E-state index contributed by atoms with van der Waals surface area (Å²) in [6, 6.07) is 7.89. The molecule has 1 aromatic carbocycles. The third kappa shape index (κ3) is 5.48. The Morgan fingerprint density at radius 3 is 2.11 bits per heavy atom. The van der Waals surface area contributed by atoms with E-state index in [9.17, 15) is 0 Å². The van der Waals surface area contributed by atoms with Gasteiger partial charge in [-0.3, -0.25) is 0 Å². The molecule has 2 nitrogen and oxygen atoms in total. The molecule has 1 aromatic rings. The summed E-state index contributed by atoms with van der Waals surface area (Å²) in [5, 5.41) is 0. The highest BCUT2D eigenvalue weighted by atomic mass is 16.7. The molecule has 0 bridgehead atoms. The summed E-state index contributed by atoms with van der Waals surface area (Å²) in [4.78, 5) is 0. The number of hydrogen-bond donors (Lipinski definition) is 0. The van der Waals surface area contributed by atoms with Crippen molar-refractivity contribution in [2.24, 2.45) is 0 Å². The molecule has 0 aromatic heterocycles. The van der Waals surface area contributed by atoms with Gasteiger partial charge in [-0.1, -0.05) is 31.7 Å². The summed E-state index contributed by atoms with van der Waals surface area (Å²) >= 11 is 0. The summed E-state index contributed by atoms with van der Waals surface area (Å²) in [6.07, 6.45) is 3.69. The lowest BCUT2D eigenvalue weighted by Gasteiger charge is -2.36. The summed E-state index contributed by atoms with van der Waals surface area (Å²) < 4.78 is 12.1. The first kappa shape index (κ1) is 15.8. The van der Waals surface area contributed by atoms with Crippen molar-refractivity contribution < 1.29 is 9.47 Å². The molecule has 2 heteroatoms. The number of benzene rings is 1. The predicted octanol–water partition coefficient (Wildman–Crippen LogP) is 5.04. The molecule has 0 spiro atoms. The van der Waals surface area contributed by atoms with Gasteiger partial charge in [0.05, 0.1) is 5.60 Å². The molecule has 1 rings (SSSR count). The van der Waals surface area contributed by atoms with E-state index in [1.54, 1.807) is 0 Å². The fourth-order valence-corrected chi connectivity index (χ4v) is 2.15. The van der Waals surface area contributed by atoms with Gasteiger partial charge in [0.1, 0.15) is 5.75 Å². The van der Waals surface area contributed by atoms with Crippen molar-refractivity contribution in [3.63, 3.8) is 0 Å². The Kier molecular flexibility index (Phi) is 5.19. The van der Waals surface area contributed by atoms with E-state index < -0.39 is 5.79 Å². The van der Waals surface area contributed by atoms with Gasteiger partial charge in [0.25, 0.3) is 0 Å². The molecule has 0 amide bonds. The van der Waals surface area contributed by atoms with E-state index in [0.29, 0.717) is 0 Å². The Balaban J connectivity index is 2.84. The summed E-state index contributed by atoms with van der Waals surface area (Å²) in [5.41, 5.74) is 0.853. The van der Waals surface area contributed by atoms with E-state index >= 15 is 0 Å². The molecule has 0 N–H and O–H groups in total. The molecule has 0 aliphatic heterocycles. The third-order valence-electron chi connectivity index (χ3n) is 2.68. The molecule has 0 heterocycles. The molecule has 0 aliphatic carbocycles. The zero-order valence-corrected chi connectivity index (χ0v) is 12.8. The van der Waals surface area contributed by atoms with E-state index in [4.69, 9.17) is 9.47 Å². The van der Waals surface area contributed by atoms with Crippen LogP contribution in [0.15, 0.2) is 30.8 Å². The first-order valence-electron chi connectivity index (χ1n) is 6.90. The minimum Gasteiger partial charge on any atom is -0.463 e. The van der Waals surface area contributed by atoms with Crippen LogP contribution in [0.3, 0.4) is 0 Å². The van der Waals surface area contributed by atoms with Gasteiger partial charge in [0.15, 0.2) is 0 Å². The Hall–Kier alpha value is -1.28. The van der Waals surface area contributed by atoms with Crippen molar-refractivity contribution in [2.45, 2.75) is 58.8 Å². The zero-order chi connectivity index (χ0) is 14.5. The zero-order valence-electron chi connectivity index (χ0n) is 12.8. The molecule has 19 heavy (non-hydrogen) atoms. The normalized spacial score (nSPS) is 14.8. The Morgan fingerprint density at radius 2 is 1.68 bits per heavy atom. The van der Waals surface area contributed by atoms with Crippen molar-refractivity contribution in [3.8, 4) is 5.75 Å². The molecule has 0 saturated heterocycles. The predicted molar refractivity (Wildman–Crippen MR) is 81.3 cm³/mol. The van der Waals surface area contributed by atoms with Crippen LogP contribution in [0.5, 0.6) is 5.75 Å². The first-order chi connectivity index (χ1) is 8.78. The van der Waals surface area contributed by atoms with Crippen LogP contribution in [0.4, 0.5) is 0 Å². The minimum atomic E-state index is -0.595. The van der Waals surface area contributed by atoms with Crippen LogP contribution in [0.25, 0.3) is 6.08 Å². The van der Waals surface area contributed by atoms with Gasteiger partial charge in [-0.05, 0) is 44.9 Å². The van der Waals surface area contributed by atoms with Crippen molar-refractivity contribution in [2.75, 3.05) is 0 Å². The van der Waals surface area contributed by atoms with Crippen LogP contribution >= 0.6 is 0 Å². The van der Waals surface area contributed by atoms with E-state index in [-0.39, 0.29) is 5.60 Å². The van der Waals surface area contributed by atoms with Gasteiger partial charge < -0.3 is 9.47 Å². The molecule has 0 aliphatic rings. The second-order valence-corrected chi connectivity index (χ2v) is 5.97. The Bertz CT molecular complexity index is 400. The van der Waals surface area contributed by atoms with Crippen molar-refractivity contribution in [1.29, 1.82) is 0 Å². The highest BCUT2D eigenvalue weighted by Crippen LogP contribution is 2.28. The van der Waals surface area contributed by atoms with E-state index in [2.05, 4.69) is 13.5 Å². The molecule has 106 valence electrons. The fraction of sp³-hybridized carbons (Fsp3) is 0.529. The highest BCUT2D eigenvalue weighted by Gasteiger charge is 2.31. The van der Waals surface area contributed by atoms with Crippen molar-refractivity contribution in [3.05, 3.63) is 36.4 Å². The number of hydrogen-bond acceptors (Lipinski definition) is 2. The summed E-state index contributed by atoms with van der Waals surface area (Å²) in [6.45, 7) is 14.0. The molecule has 0 radical (unpaired) electrons. The van der Waals surface area contributed by atoms with Gasteiger partial charge in [0, 0.05) is 13.3 Å². The van der Waals surface area contributed by atoms with Crippen LogP contribution in [-0.2, 0) is 4.74 Å². The average Bonchev–Trinajstić information content (AvgIpc) is 2.27. The topological polar surface area (TPSA) is 18.5 Å². The third-order valence-corrected chi connectivity index (χ3v) is 2.68. The van der Waals surface area contributed by atoms with E-state index in [1.165, 1.54) is 0 Å². The fourth-order valence-electron chi connectivity index (χ4n) is 2.15. The van der Waals surface area contributed by atoms with Gasteiger partial charge in [0.2, 0.25) is 5.79 Å². The number of ether oxygens (including phenoxy) is 2. The Labute approximate surface area is 117 Å². The van der Waals surface area contributed by atoms with E-state index in [1.807, 2.05) is 58.0 Å². The molecule has 1 unspecified atom stereocenters. The lowest BCUT2D eigenvalue weighted by atomic mass is 10.1.